The summed E-state index contributed by atoms with van der Waals surface area (Å²) in [5.41, 5.74) is 0.622. The molecule has 5 heteroatoms. The minimum Gasteiger partial charge on any atom is -0.481 e. The summed E-state index contributed by atoms with van der Waals surface area (Å²) >= 11 is 4.95. The van der Waals surface area contributed by atoms with Crippen LogP contribution in [-0.2, 0) is 11.2 Å². The zero-order valence-corrected chi connectivity index (χ0v) is 9.43. The first-order valence-electron chi connectivity index (χ1n) is 3.91. The van der Waals surface area contributed by atoms with Crippen molar-refractivity contribution in [3.05, 3.63) is 27.8 Å². The molecule has 2 aromatic rings. The molecule has 2 aromatic heterocycles. The Balaban J connectivity index is 2.58. The van der Waals surface area contributed by atoms with E-state index in [0.717, 1.165) is 13.9 Å². The molecule has 0 aliphatic rings. The Morgan fingerprint density at radius 2 is 2.43 bits per heavy atom. The second-order valence-electron chi connectivity index (χ2n) is 2.79. The Morgan fingerprint density at radius 3 is 3.14 bits per heavy atom. The zero-order chi connectivity index (χ0) is 10.1. The number of aromatic nitrogens is 1. The number of fused-ring (bicyclic) bond motifs is 1. The summed E-state index contributed by atoms with van der Waals surface area (Å²) in [6.07, 6.45) is 1.62. The van der Waals surface area contributed by atoms with Crippen LogP contribution in [0.4, 0.5) is 0 Å². The second-order valence-corrected chi connectivity index (χ2v) is 5.25. The normalized spacial score (nSPS) is 10.6. The topological polar surface area (TPSA) is 50.2 Å². The number of carbonyl (C=O) groups is 1. The smallest absolute Gasteiger partial charge is 0.309 e. The van der Waals surface area contributed by atoms with E-state index in [-0.39, 0.29) is 6.42 Å². The number of carboxylic acids is 1. The van der Waals surface area contributed by atoms with Crippen molar-refractivity contribution in [2.75, 3.05) is 0 Å². The Morgan fingerprint density at radius 1 is 1.64 bits per heavy atom. The molecule has 2 rings (SSSR count). The Hall–Kier alpha value is -0.940. The third-order valence-electron chi connectivity index (χ3n) is 1.82. The van der Waals surface area contributed by atoms with Gasteiger partial charge in [0.05, 0.1) is 15.9 Å². The number of hydrogen-bond donors (Lipinski definition) is 1. The fraction of sp³-hybridized carbons (Fsp3) is 0.111. The molecule has 0 amide bonds. The highest BCUT2D eigenvalue weighted by atomic mass is 79.9. The van der Waals surface area contributed by atoms with Gasteiger partial charge in [0, 0.05) is 16.3 Å². The maximum absolute atomic E-state index is 10.6. The van der Waals surface area contributed by atoms with E-state index >= 15 is 0 Å². The highest BCUT2D eigenvalue weighted by Gasteiger charge is 2.08. The van der Waals surface area contributed by atoms with Crippen molar-refractivity contribution in [3.8, 4) is 0 Å². The van der Waals surface area contributed by atoms with E-state index in [9.17, 15) is 4.79 Å². The summed E-state index contributed by atoms with van der Waals surface area (Å²) in [6.45, 7) is 0. The lowest BCUT2D eigenvalue weighted by atomic mass is 10.2. The van der Waals surface area contributed by atoms with Crippen LogP contribution in [0.1, 0.15) is 5.69 Å². The lowest BCUT2D eigenvalue weighted by Gasteiger charge is -1.96. The van der Waals surface area contributed by atoms with Crippen LogP contribution in [0.2, 0.25) is 0 Å². The standard InChI is InChI=1S/C9H6BrNO2S/c10-8-3-5-6(4-9(12)13)11-2-1-7(5)14-8/h1-3H,4H2,(H,12,13). The molecule has 0 aromatic carbocycles. The molecular formula is C9H6BrNO2S. The first kappa shape index (κ1) is 9.61. The number of aliphatic carboxylic acids is 1. The summed E-state index contributed by atoms with van der Waals surface area (Å²) < 4.78 is 2.05. The Labute approximate surface area is 92.5 Å². The Bertz CT molecular complexity index is 495. The highest BCUT2D eigenvalue weighted by molar-refractivity contribution is 9.11. The van der Waals surface area contributed by atoms with Gasteiger partial charge < -0.3 is 5.11 Å². The Kier molecular flexibility index (Phi) is 2.52. The summed E-state index contributed by atoms with van der Waals surface area (Å²) in [5, 5.41) is 9.61. The molecule has 0 spiro atoms. The maximum atomic E-state index is 10.6. The van der Waals surface area contributed by atoms with Crippen LogP contribution in [0.5, 0.6) is 0 Å². The van der Waals surface area contributed by atoms with Crippen molar-refractivity contribution in [2.45, 2.75) is 6.42 Å². The van der Waals surface area contributed by atoms with Crippen molar-refractivity contribution in [1.82, 2.24) is 4.98 Å². The number of rotatable bonds is 2. The monoisotopic (exact) mass is 271 g/mol. The van der Waals surface area contributed by atoms with E-state index in [1.54, 1.807) is 17.5 Å². The van der Waals surface area contributed by atoms with Gasteiger partial charge in [0.25, 0.3) is 0 Å². The summed E-state index contributed by atoms with van der Waals surface area (Å²) in [5.74, 6) is -0.854. The zero-order valence-electron chi connectivity index (χ0n) is 7.03. The van der Waals surface area contributed by atoms with E-state index in [2.05, 4.69) is 20.9 Å². The van der Waals surface area contributed by atoms with Crippen LogP contribution < -0.4 is 0 Å². The molecule has 0 aliphatic carbocycles. The second kappa shape index (κ2) is 3.67. The first-order chi connectivity index (χ1) is 6.66. The van der Waals surface area contributed by atoms with E-state index in [1.807, 2.05) is 12.1 Å². The van der Waals surface area contributed by atoms with Gasteiger partial charge in [0.2, 0.25) is 0 Å². The van der Waals surface area contributed by atoms with Crippen molar-refractivity contribution in [3.63, 3.8) is 0 Å². The lowest BCUT2D eigenvalue weighted by Crippen LogP contribution is -2.02. The number of thiophene rings is 1. The third kappa shape index (κ3) is 1.78. The minimum absolute atomic E-state index is 0.0273. The SMILES string of the molecule is O=C(O)Cc1nccc2sc(Br)cc12. The van der Waals surface area contributed by atoms with E-state index < -0.39 is 5.97 Å². The van der Waals surface area contributed by atoms with Gasteiger partial charge in [-0.15, -0.1) is 11.3 Å². The average molecular weight is 272 g/mol. The predicted molar refractivity (Wildman–Crippen MR) is 58.7 cm³/mol. The summed E-state index contributed by atoms with van der Waals surface area (Å²) in [6, 6.07) is 3.79. The largest absolute Gasteiger partial charge is 0.481 e. The average Bonchev–Trinajstić information content (AvgIpc) is 2.45. The number of pyridine rings is 1. The third-order valence-corrected chi connectivity index (χ3v) is 3.42. The molecule has 0 radical (unpaired) electrons. The molecule has 72 valence electrons. The number of nitrogens with zero attached hydrogens (tertiary/aromatic N) is 1. The molecule has 0 aliphatic heterocycles. The summed E-state index contributed by atoms with van der Waals surface area (Å²) in [4.78, 5) is 14.6. The molecule has 0 unspecified atom stereocenters. The number of hydrogen-bond acceptors (Lipinski definition) is 3. The molecule has 14 heavy (non-hydrogen) atoms. The fourth-order valence-electron chi connectivity index (χ4n) is 1.27. The van der Waals surface area contributed by atoms with Crippen molar-refractivity contribution >= 4 is 43.3 Å². The van der Waals surface area contributed by atoms with E-state index in [1.165, 1.54) is 0 Å². The van der Waals surface area contributed by atoms with Crippen molar-refractivity contribution in [1.29, 1.82) is 0 Å². The molecule has 0 fully saturated rings. The van der Waals surface area contributed by atoms with Crippen molar-refractivity contribution in [2.24, 2.45) is 0 Å². The molecule has 1 N–H and O–H groups in total. The van der Waals surface area contributed by atoms with Gasteiger partial charge in [-0.2, -0.15) is 0 Å². The molecule has 0 saturated heterocycles. The first-order valence-corrected chi connectivity index (χ1v) is 5.52. The van der Waals surface area contributed by atoms with Crippen LogP contribution in [0.25, 0.3) is 10.1 Å². The number of carboxylic acid groups (broad SMARTS) is 1. The van der Waals surface area contributed by atoms with Crippen molar-refractivity contribution < 1.29 is 9.90 Å². The predicted octanol–water partition coefficient (Wildman–Crippen LogP) is 2.69. The quantitative estimate of drug-likeness (QED) is 0.914. The van der Waals surface area contributed by atoms with Gasteiger partial charge >= 0.3 is 5.97 Å². The maximum Gasteiger partial charge on any atom is 0.309 e. The van der Waals surface area contributed by atoms with Crippen LogP contribution >= 0.6 is 27.3 Å². The van der Waals surface area contributed by atoms with Gasteiger partial charge in [0.15, 0.2) is 0 Å². The fourth-order valence-corrected chi connectivity index (χ4v) is 2.83. The lowest BCUT2D eigenvalue weighted by molar-refractivity contribution is -0.136. The van der Waals surface area contributed by atoms with Gasteiger partial charge in [-0.3, -0.25) is 9.78 Å². The molecular weight excluding hydrogens is 266 g/mol. The van der Waals surface area contributed by atoms with E-state index in [4.69, 9.17) is 5.11 Å². The van der Waals surface area contributed by atoms with Crippen LogP contribution in [0.3, 0.4) is 0 Å². The van der Waals surface area contributed by atoms with Gasteiger partial charge in [-0.05, 0) is 28.1 Å². The molecule has 2 heterocycles. The van der Waals surface area contributed by atoms with Gasteiger partial charge in [-0.1, -0.05) is 0 Å². The minimum atomic E-state index is -0.854. The molecule has 0 bridgehead atoms. The summed E-state index contributed by atoms with van der Waals surface area (Å²) in [7, 11) is 0. The van der Waals surface area contributed by atoms with Gasteiger partial charge in [-0.25, -0.2) is 0 Å². The van der Waals surface area contributed by atoms with Gasteiger partial charge in [0.1, 0.15) is 0 Å². The molecule has 0 atom stereocenters. The molecule has 0 saturated carbocycles. The molecule has 3 nitrogen and oxygen atoms in total. The van der Waals surface area contributed by atoms with Crippen LogP contribution in [-0.4, -0.2) is 16.1 Å². The van der Waals surface area contributed by atoms with Crippen LogP contribution in [0.15, 0.2) is 22.1 Å². The number of halogens is 1. The van der Waals surface area contributed by atoms with E-state index in [0.29, 0.717) is 5.69 Å². The highest BCUT2D eigenvalue weighted by Crippen LogP contribution is 2.30. The van der Waals surface area contributed by atoms with Crippen LogP contribution in [0, 0.1) is 0 Å².